The van der Waals surface area contributed by atoms with Gasteiger partial charge in [0.15, 0.2) is 0 Å². The largest absolute Gasteiger partial charge is 0.368 e. The Kier molecular flexibility index (Phi) is 5.05. The molecular weight excluding hydrogens is 248 g/mol. The molecule has 1 aromatic carbocycles. The fourth-order valence-electron chi connectivity index (χ4n) is 3.01. The van der Waals surface area contributed by atoms with Crippen molar-refractivity contribution >= 4 is 11.6 Å². The molecule has 0 N–H and O–H groups in total. The lowest BCUT2D eigenvalue weighted by atomic mass is 10.0. The van der Waals surface area contributed by atoms with Crippen molar-refractivity contribution in [3.63, 3.8) is 0 Å². The summed E-state index contributed by atoms with van der Waals surface area (Å²) in [5.41, 5.74) is 4.15. The van der Waals surface area contributed by atoms with Crippen molar-refractivity contribution in [3.05, 3.63) is 29.3 Å². The Morgan fingerprint density at radius 3 is 2.45 bits per heavy atom. The molecule has 1 amide bonds. The van der Waals surface area contributed by atoms with E-state index in [-0.39, 0.29) is 0 Å². The molecule has 0 aromatic heterocycles. The first kappa shape index (κ1) is 14.9. The molecule has 110 valence electrons. The number of hydrogen-bond donors (Lipinski definition) is 0. The van der Waals surface area contributed by atoms with E-state index in [1.165, 1.54) is 16.8 Å². The zero-order chi connectivity index (χ0) is 14.5. The Morgan fingerprint density at radius 1 is 1.15 bits per heavy atom. The topological polar surface area (TPSA) is 23.6 Å². The molecule has 0 bridgehead atoms. The summed E-state index contributed by atoms with van der Waals surface area (Å²) in [5, 5.41) is 0. The minimum Gasteiger partial charge on any atom is -0.368 e. The molecule has 1 saturated heterocycles. The van der Waals surface area contributed by atoms with E-state index >= 15 is 0 Å². The van der Waals surface area contributed by atoms with Crippen LogP contribution in [-0.2, 0) is 11.2 Å². The number of amides is 1. The number of piperazine rings is 1. The SMILES string of the molecule is CCCC(=O)N1CCN(c2c(C)cccc2CC)CC1. The van der Waals surface area contributed by atoms with Crippen molar-refractivity contribution in [2.45, 2.75) is 40.0 Å². The van der Waals surface area contributed by atoms with Gasteiger partial charge in [-0.3, -0.25) is 4.79 Å². The van der Waals surface area contributed by atoms with Crippen molar-refractivity contribution in [2.24, 2.45) is 0 Å². The first-order valence-corrected chi connectivity index (χ1v) is 7.78. The number of carbonyl (C=O) groups is 1. The van der Waals surface area contributed by atoms with Crippen LogP contribution >= 0.6 is 0 Å². The van der Waals surface area contributed by atoms with Gasteiger partial charge in [-0.1, -0.05) is 32.0 Å². The molecule has 20 heavy (non-hydrogen) atoms. The molecule has 1 aromatic rings. The maximum absolute atomic E-state index is 11.9. The molecule has 3 heteroatoms. The minimum absolute atomic E-state index is 0.313. The number of aryl methyl sites for hydroxylation is 2. The maximum Gasteiger partial charge on any atom is 0.222 e. The third kappa shape index (κ3) is 3.14. The average Bonchev–Trinajstić information content (AvgIpc) is 2.47. The van der Waals surface area contributed by atoms with Gasteiger partial charge in [-0.15, -0.1) is 0 Å². The van der Waals surface area contributed by atoms with E-state index < -0.39 is 0 Å². The van der Waals surface area contributed by atoms with E-state index in [4.69, 9.17) is 0 Å². The number of carbonyl (C=O) groups excluding carboxylic acids is 1. The van der Waals surface area contributed by atoms with Gasteiger partial charge in [0.05, 0.1) is 0 Å². The summed E-state index contributed by atoms with van der Waals surface area (Å²) >= 11 is 0. The monoisotopic (exact) mass is 274 g/mol. The molecule has 1 aliphatic rings. The van der Waals surface area contributed by atoms with E-state index in [1.54, 1.807) is 0 Å². The molecule has 0 saturated carbocycles. The number of para-hydroxylation sites is 1. The van der Waals surface area contributed by atoms with Crippen LogP contribution in [0.5, 0.6) is 0 Å². The molecule has 0 unspecified atom stereocenters. The van der Waals surface area contributed by atoms with Crippen LogP contribution in [0.2, 0.25) is 0 Å². The smallest absolute Gasteiger partial charge is 0.222 e. The van der Waals surface area contributed by atoms with E-state index in [0.717, 1.165) is 39.0 Å². The van der Waals surface area contributed by atoms with E-state index in [0.29, 0.717) is 12.3 Å². The first-order valence-electron chi connectivity index (χ1n) is 7.78. The third-order valence-electron chi connectivity index (χ3n) is 4.11. The molecule has 1 aliphatic heterocycles. The van der Waals surface area contributed by atoms with E-state index in [1.807, 2.05) is 4.90 Å². The number of rotatable bonds is 4. The highest BCUT2D eigenvalue weighted by Gasteiger charge is 2.22. The van der Waals surface area contributed by atoms with Gasteiger partial charge in [0.2, 0.25) is 5.91 Å². The second-order valence-corrected chi connectivity index (χ2v) is 5.55. The fraction of sp³-hybridized carbons (Fsp3) is 0.588. The zero-order valence-electron chi connectivity index (χ0n) is 13.0. The summed E-state index contributed by atoms with van der Waals surface area (Å²) < 4.78 is 0. The Labute approximate surface area is 122 Å². The minimum atomic E-state index is 0.313. The number of nitrogens with zero attached hydrogens (tertiary/aromatic N) is 2. The molecule has 3 nitrogen and oxygen atoms in total. The maximum atomic E-state index is 11.9. The molecule has 0 radical (unpaired) electrons. The van der Waals surface area contributed by atoms with Crippen molar-refractivity contribution in [1.82, 2.24) is 4.90 Å². The summed E-state index contributed by atoms with van der Waals surface area (Å²) in [6.07, 6.45) is 2.69. The van der Waals surface area contributed by atoms with Gasteiger partial charge in [0, 0.05) is 38.3 Å². The lowest BCUT2D eigenvalue weighted by Crippen LogP contribution is -2.49. The van der Waals surface area contributed by atoms with Gasteiger partial charge in [0.1, 0.15) is 0 Å². The van der Waals surface area contributed by atoms with Gasteiger partial charge < -0.3 is 9.80 Å². The van der Waals surface area contributed by atoms with Gasteiger partial charge in [-0.05, 0) is 30.9 Å². The molecular formula is C17H26N2O. The van der Waals surface area contributed by atoms with Crippen molar-refractivity contribution in [3.8, 4) is 0 Å². The quantitative estimate of drug-likeness (QED) is 0.842. The van der Waals surface area contributed by atoms with Crippen molar-refractivity contribution in [2.75, 3.05) is 31.1 Å². The molecule has 2 rings (SSSR count). The zero-order valence-corrected chi connectivity index (χ0v) is 13.0. The Hall–Kier alpha value is -1.51. The van der Waals surface area contributed by atoms with Crippen molar-refractivity contribution in [1.29, 1.82) is 0 Å². The van der Waals surface area contributed by atoms with E-state index in [2.05, 4.69) is 43.9 Å². The van der Waals surface area contributed by atoms with Crippen LogP contribution in [0.25, 0.3) is 0 Å². The summed E-state index contributed by atoms with van der Waals surface area (Å²) in [7, 11) is 0. The third-order valence-corrected chi connectivity index (χ3v) is 4.11. The van der Waals surface area contributed by atoms with Gasteiger partial charge in [0.25, 0.3) is 0 Å². The fourth-order valence-corrected chi connectivity index (χ4v) is 3.01. The van der Waals surface area contributed by atoms with Crippen molar-refractivity contribution < 1.29 is 4.79 Å². The molecule has 0 atom stereocenters. The lowest BCUT2D eigenvalue weighted by molar-refractivity contribution is -0.131. The Balaban J connectivity index is 2.06. The number of anilines is 1. The standard InChI is InChI=1S/C17H26N2O/c1-4-7-16(20)18-10-12-19(13-11-18)17-14(3)8-6-9-15(17)5-2/h6,8-9H,4-5,7,10-13H2,1-3H3. The number of hydrogen-bond acceptors (Lipinski definition) is 2. The second-order valence-electron chi connectivity index (χ2n) is 5.55. The highest BCUT2D eigenvalue weighted by atomic mass is 16.2. The Morgan fingerprint density at radius 2 is 1.85 bits per heavy atom. The lowest BCUT2D eigenvalue weighted by Gasteiger charge is -2.37. The highest BCUT2D eigenvalue weighted by Crippen LogP contribution is 2.26. The molecule has 0 aliphatic carbocycles. The van der Waals surface area contributed by atoms with Crippen LogP contribution in [0.15, 0.2) is 18.2 Å². The van der Waals surface area contributed by atoms with E-state index in [9.17, 15) is 4.79 Å². The average molecular weight is 274 g/mol. The van der Waals surface area contributed by atoms with Crippen LogP contribution in [0.1, 0.15) is 37.8 Å². The van der Waals surface area contributed by atoms with Gasteiger partial charge >= 0.3 is 0 Å². The molecule has 1 fully saturated rings. The Bertz CT molecular complexity index is 462. The molecule has 0 spiro atoms. The normalized spacial score (nSPS) is 15.6. The summed E-state index contributed by atoms with van der Waals surface area (Å²) in [6.45, 7) is 10.1. The van der Waals surface area contributed by atoms with Gasteiger partial charge in [-0.2, -0.15) is 0 Å². The molecule has 1 heterocycles. The highest BCUT2D eigenvalue weighted by molar-refractivity contribution is 5.76. The predicted octanol–water partition coefficient (Wildman–Crippen LogP) is 3.01. The summed E-state index contributed by atoms with van der Waals surface area (Å²) in [5.74, 6) is 0.313. The van der Waals surface area contributed by atoms with Crippen LogP contribution < -0.4 is 4.90 Å². The predicted molar refractivity (Wildman–Crippen MR) is 84.3 cm³/mol. The van der Waals surface area contributed by atoms with Crippen LogP contribution in [0, 0.1) is 6.92 Å². The van der Waals surface area contributed by atoms with Gasteiger partial charge in [-0.25, -0.2) is 0 Å². The van der Waals surface area contributed by atoms with Crippen LogP contribution in [-0.4, -0.2) is 37.0 Å². The summed E-state index contributed by atoms with van der Waals surface area (Å²) in [6, 6.07) is 6.54. The van der Waals surface area contributed by atoms with Crippen LogP contribution in [0.4, 0.5) is 5.69 Å². The summed E-state index contributed by atoms with van der Waals surface area (Å²) in [4.78, 5) is 16.4. The van der Waals surface area contributed by atoms with Crippen LogP contribution in [0.3, 0.4) is 0 Å². The first-order chi connectivity index (χ1) is 9.67. The number of benzene rings is 1. The second kappa shape index (κ2) is 6.78.